The highest BCUT2D eigenvalue weighted by Gasteiger charge is 2.24. The number of aryl methyl sites for hydroxylation is 1. The fourth-order valence-electron chi connectivity index (χ4n) is 1.70. The average Bonchev–Trinajstić information content (AvgIpc) is 2.63. The number of anilines is 1. The van der Waals surface area contributed by atoms with E-state index in [1.165, 1.54) is 6.07 Å². The standard InChI is InChI=1S/C10H12N4O3/c1-6-2-3-8(14(16)17)10(12-6)13-7-4-9(15)11-5-7/h2-3,7H,4-5H2,1H3,(H,11,15)(H,12,13). The molecule has 2 heterocycles. The van der Waals surface area contributed by atoms with Gasteiger partial charge in [0.15, 0.2) is 0 Å². The number of pyridine rings is 1. The molecule has 0 radical (unpaired) electrons. The molecule has 0 aliphatic carbocycles. The zero-order valence-electron chi connectivity index (χ0n) is 9.27. The molecule has 1 aliphatic rings. The molecule has 7 heteroatoms. The van der Waals surface area contributed by atoms with Crippen molar-refractivity contribution >= 4 is 17.4 Å². The van der Waals surface area contributed by atoms with Crippen LogP contribution in [-0.2, 0) is 4.79 Å². The van der Waals surface area contributed by atoms with Gasteiger partial charge in [0, 0.05) is 24.7 Å². The van der Waals surface area contributed by atoms with Crippen molar-refractivity contribution < 1.29 is 9.72 Å². The quantitative estimate of drug-likeness (QED) is 0.591. The first-order valence-electron chi connectivity index (χ1n) is 5.21. The van der Waals surface area contributed by atoms with Gasteiger partial charge in [0.1, 0.15) is 0 Å². The zero-order chi connectivity index (χ0) is 12.4. The number of aromatic nitrogens is 1. The summed E-state index contributed by atoms with van der Waals surface area (Å²) in [5.41, 5.74) is 0.616. The molecule has 1 atom stereocenters. The highest BCUT2D eigenvalue weighted by atomic mass is 16.6. The molecule has 1 aromatic rings. The lowest BCUT2D eigenvalue weighted by molar-refractivity contribution is -0.384. The number of hydrogen-bond acceptors (Lipinski definition) is 5. The Morgan fingerprint density at radius 2 is 2.35 bits per heavy atom. The van der Waals surface area contributed by atoms with E-state index in [-0.39, 0.29) is 23.5 Å². The van der Waals surface area contributed by atoms with Crippen LogP contribution >= 0.6 is 0 Å². The van der Waals surface area contributed by atoms with E-state index in [9.17, 15) is 14.9 Å². The van der Waals surface area contributed by atoms with Gasteiger partial charge >= 0.3 is 5.69 Å². The van der Waals surface area contributed by atoms with Crippen LogP contribution < -0.4 is 10.6 Å². The lowest BCUT2D eigenvalue weighted by atomic mass is 10.2. The van der Waals surface area contributed by atoms with Crippen molar-refractivity contribution in [2.75, 3.05) is 11.9 Å². The largest absolute Gasteiger partial charge is 0.359 e. The van der Waals surface area contributed by atoms with E-state index >= 15 is 0 Å². The number of hydrogen-bond donors (Lipinski definition) is 2. The maximum absolute atomic E-state index is 11.0. The van der Waals surface area contributed by atoms with Gasteiger partial charge in [0.05, 0.1) is 11.0 Å². The Balaban J connectivity index is 2.21. The molecule has 7 nitrogen and oxygen atoms in total. The third kappa shape index (κ3) is 2.49. The molecule has 1 unspecified atom stereocenters. The number of nitrogens with one attached hydrogen (secondary N) is 2. The molecular formula is C10H12N4O3. The van der Waals surface area contributed by atoms with Crippen LogP contribution in [0.1, 0.15) is 12.1 Å². The van der Waals surface area contributed by atoms with Crippen molar-refractivity contribution in [3.8, 4) is 0 Å². The van der Waals surface area contributed by atoms with Crippen molar-refractivity contribution in [1.82, 2.24) is 10.3 Å². The lowest BCUT2D eigenvalue weighted by Crippen LogP contribution is -2.23. The van der Waals surface area contributed by atoms with Crippen LogP contribution in [0, 0.1) is 17.0 Å². The summed E-state index contributed by atoms with van der Waals surface area (Å²) in [6.07, 6.45) is 0.312. The Hall–Kier alpha value is -2.18. The van der Waals surface area contributed by atoms with E-state index in [2.05, 4.69) is 15.6 Å². The minimum Gasteiger partial charge on any atom is -0.359 e. The van der Waals surface area contributed by atoms with Crippen molar-refractivity contribution in [1.29, 1.82) is 0 Å². The van der Waals surface area contributed by atoms with Crippen LogP contribution in [0.4, 0.5) is 11.5 Å². The van der Waals surface area contributed by atoms with Crippen LogP contribution in [-0.4, -0.2) is 28.4 Å². The summed E-state index contributed by atoms with van der Waals surface area (Å²) < 4.78 is 0. The Morgan fingerprint density at radius 3 is 2.94 bits per heavy atom. The van der Waals surface area contributed by atoms with Gasteiger partial charge in [-0.2, -0.15) is 0 Å². The molecule has 0 bridgehead atoms. The summed E-state index contributed by atoms with van der Waals surface area (Å²) >= 11 is 0. The Morgan fingerprint density at radius 1 is 1.59 bits per heavy atom. The number of nitro groups is 1. The van der Waals surface area contributed by atoms with Crippen molar-refractivity contribution in [3.63, 3.8) is 0 Å². The second kappa shape index (κ2) is 4.36. The predicted octanol–water partition coefficient (Wildman–Crippen LogP) is 0.599. The van der Waals surface area contributed by atoms with E-state index < -0.39 is 4.92 Å². The molecule has 0 spiro atoms. The third-order valence-corrected chi connectivity index (χ3v) is 2.53. The van der Waals surface area contributed by atoms with Crippen LogP contribution in [0.25, 0.3) is 0 Å². The second-order valence-electron chi connectivity index (χ2n) is 3.93. The first-order chi connectivity index (χ1) is 8.06. The number of rotatable bonds is 3. The van der Waals surface area contributed by atoms with Gasteiger partial charge < -0.3 is 10.6 Å². The van der Waals surface area contributed by atoms with Gasteiger partial charge in [-0.1, -0.05) is 0 Å². The van der Waals surface area contributed by atoms with Crippen molar-refractivity contribution in [2.24, 2.45) is 0 Å². The average molecular weight is 236 g/mol. The molecule has 1 fully saturated rings. The first kappa shape index (κ1) is 11.3. The molecule has 1 aliphatic heterocycles. The first-order valence-corrected chi connectivity index (χ1v) is 5.21. The van der Waals surface area contributed by atoms with Gasteiger partial charge in [-0.05, 0) is 13.0 Å². The molecule has 90 valence electrons. The maximum Gasteiger partial charge on any atom is 0.311 e. The molecule has 0 saturated carbocycles. The SMILES string of the molecule is Cc1ccc([N+](=O)[O-])c(NC2CNC(=O)C2)n1. The number of carbonyl (C=O) groups excluding carboxylic acids is 1. The Labute approximate surface area is 97.4 Å². The van der Waals surface area contributed by atoms with E-state index in [1.807, 2.05) is 0 Å². The smallest absolute Gasteiger partial charge is 0.311 e. The number of nitrogens with zero attached hydrogens (tertiary/aromatic N) is 2. The van der Waals surface area contributed by atoms with Crippen LogP contribution in [0.5, 0.6) is 0 Å². The molecule has 17 heavy (non-hydrogen) atoms. The summed E-state index contributed by atoms with van der Waals surface area (Å²) in [6.45, 7) is 2.22. The monoisotopic (exact) mass is 236 g/mol. The van der Waals surface area contributed by atoms with Crippen molar-refractivity contribution in [3.05, 3.63) is 27.9 Å². The number of amides is 1. The van der Waals surface area contributed by atoms with Crippen molar-refractivity contribution in [2.45, 2.75) is 19.4 Å². The third-order valence-electron chi connectivity index (χ3n) is 2.53. The summed E-state index contributed by atoms with van der Waals surface area (Å²) in [5, 5.41) is 16.4. The molecular weight excluding hydrogens is 224 g/mol. The van der Waals surface area contributed by atoms with Gasteiger partial charge in [-0.3, -0.25) is 14.9 Å². The van der Waals surface area contributed by atoms with Gasteiger partial charge in [0.2, 0.25) is 11.7 Å². The van der Waals surface area contributed by atoms with Gasteiger partial charge in [-0.25, -0.2) is 4.98 Å². The molecule has 0 aromatic carbocycles. The fraction of sp³-hybridized carbons (Fsp3) is 0.400. The molecule has 2 N–H and O–H groups in total. The van der Waals surface area contributed by atoms with E-state index in [0.29, 0.717) is 18.7 Å². The van der Waals surface area contributed by atoms with E-state index in [4.69, 9.17) is 0 Å². The Bertz CT molecular complexity index is 475. The molecule has 1 aromatic heterocycles. The van der Waals surface area contributed by atoms with Gasteiger partial charge in [0.25, 0.3) is 0 Å². The summed E-state index contributed by atoms with van der Waals surface area (Å²) in [4.78, 5) is 25.4. The van der Waals surface area contributed by atoms with Crippen LogP contribution in [0.15, 0.2) is 12.1 Å². The van der Waals surface area contributed by atoms with Crippen LogP contribution in [0.2, 0.25) is 0 Å². The lowest BCUT2D eigenvalue weighted by Gasteiger charge is -2.11. The van der Waals surface area contributed by atoms with E-state index in [0.717, 1.165) is 0 Å². The predicted molar refractivity (Wildman–Crippen MR) is 60.7 cm³/mol. The van der Waals surface area contributed by atoms with E-state index in [1.54, 1.807) is 13.0 Å². The molecule has 1 saturated heterocycles. The maximum atomic E-state index is 11.0. The Kier molecular flexibility index (Phi) is 2.90. The summed E-state index contributed by atoms with van der Waals surface area (Å²) in [6, 6.07) is 2.85. The summed E-state index contributed by atoms with van der Waals surface area (Å²) in [7, 11) is 0. The minimum absolute atomic E-state index is 0.0576. The minimum atomic E-state index is -0.487. The molecule has 2 rings (SSSR count). The second-order valence-corrected chi connectivity index (χ2v) is 3.93. The number of carbonyl (C=O) groups is 1. The highest BCUT2D eigenvalue weighted by molar-refractivity contribution is 5.79. The molecule has 1 amide bonds. The van der Waals surface area contributed by atoms with Gasteiger partial charge in [-0.15, -0.1) is 0 Å². The topological polar surface area (TPSA) is 97.2 Å². The normalized spacial score (nSPS) is 18.9. The zero-order valence-corrected chi connectivity index (χ0v) is 9.27. The summed E-state index contributed by atoms with van der Waals surface area (Å²) in [5.74, 6) is 0.161. The highest BCUT2D eigenvalue weighted by Crippen LogP contribution is 2.23. The van der Waals surface area contributed by atoms with Crippen LogP contribution in [0.3, 0.4) is 0 Å². The fourth-order valence-corrected chi connectivity index (χ4v) is 1.70.